The average molecular weight is 560 g/mol. The van der Waals surface area contributed by atoms with E-state index >= 15 is 0 Å². The van der Waals surface area contributed by atoms with Crippen molar-refractivity contribution < 1.29 is 23.1 Å². The van der Waals surface area contributed by atoms with Crippen molar-refractivity contribution in [2.45, 2.75) is 24.6 Å². The van der Waals surface area contributed by atoms with Crippen LogP contribution in [-0.4, -0.2) is 38.6 Å². The second-order valence-corrected chi connectivity index (χ2v) is 10.0. The summed E-state index contributed by atoms with van der Waals surface area (Å²) in [5.41, 5.74) is -0.550. The molecule has 0 spiro atoms. The second kappa shape index (κ2) is 10.1. The van der Waals surface area contributed by atoms with Crippen molar-refractivity contribution in [2.24, 2.45) is 0 Å². The van der Waals surface area contributed by atoms with Gasteiger partial charge in [0.15, 0.2) is 0 Å². The number of hydrogen-bond donors (Lipinski definition) is 1. The van der Waals surface area contributed by atoms with Gasteiger partial charge in [-0.15, -0.1) is 0 Å². The van der Waals surface area contributed by atoms with Gasteiger partial charge in [-0.25, -0.2) is 4.98 Å². The van der Waals surface area contributed by atoms with E-state index in [1.54, 1.807) is 58.1 Å². The van der Waals surface area contributed by atoms with E-state index in [0.29, 0.717) is 21.4 Å². The van der Waals surface area contributed by atoms with E-state index in [2.05, 4.69) is 4.98 Å². The lowest BCUT2D eigenvalue weighted by Gasteiger charge is -2.38. The fraction of sp³-hybridized carbons (Fsp3) is 0.214. The molecule has 1 saturated heterocycles. The first-order valence-electron chi connectivity index (χ1n) is 11.8. The van der Waals surface area contributed by atoms with Crippen molar-refractivity contribution in [3.8, 4) is 17.1 Å². The minimum atomic E-state index is -4.51. The summed E-state index contributed by atoms with van der Waals surface area (Å²) >= 11 is 12.5. The van der Waals surface area contributed by atoms with Gasteiger partial charge < -0.3 is 10.0 Å². The summed E-state index contributed by atoms with van der Waals surface area (Å²) in [7, 11) is 0. The van der Waals surface area contributed by atoms with Gasteiger partial charge in [-0.1, -0.05) is 47.5 Å². The van der Waals surface area contributed by atoms with E-state index in [0.717, 1.165) is 17.8 Å². The Balaban J connectivity index is 1.41. The number of carbonyl (C=O) groups excluding carboxylic acids is 1. The molecule has 10 heteroatoms. The van der Waals surface area contributed by atoms with Crippen LogP contribution in [0.3, 0.4) is 0 Å². The summed E-state index contributed by atoms with van der Waals surface area (Å²) in [6.45, 7) is 0.307. The Morgan fingerprint density at radius 3 is 2.29 bits per heavy atom. The van der Waals surface area contributed by atoms with E-state index < -0.39 is 17.3 Å². The number of imidazole rings is 1. The Morgan fingerprint density at radius 2 is 1.63 bits per heavy atom. The molecule has 1 aliphatic rings. The molecule has 2 heterocycles. The van der Waals surface area contributed by atoms with Crippen LogP contribution in [0.5, 0.6) is 0 Å². The van der Waals surface area contributed by atoms with Gasteiger partial charge in [-0.05, 0) is 66.9 Å². The number of hydrogen-bond acceptors (Lipinski definition) is 3. The van der Waals surface area contributed by atoms with E-state index in [1.165, 1.54) is 12.1 Å². The molecule has 0 atom stereocenters. The van der Waals surface area contributed by atoms with Crippen molar-refractivity contribution in [3.63, 3.8) is 0 Å². The quantitative estimate of drug-likeness (QED) is 0.293. The third-order valence-electron chi connectivity index (χ3n) is 6.75. The number of rotatable bonds is 4. The van der Waals surface area contributed by atoms with Crippen LogP contribution in [0.2, 0.25) is 10.0 Å². The van der Waals surface area contributed by atoms with Crippen LogP contribution < -0.4 is 0 Å². The van der Waals surface area contributed by atoms with Crippen LogP contribution in [-0.2, 0) is 11.8 Å². The number of aliphatic hydroxyl groups is 1. The van der Waals surface area contributed by atoms with E-state index in [9.17, 15) is 23.1 Å². The predicted octanol–water partition coefficient (Wildman–Crippen LogP) is 6.99. The first kappa shape index (κ1) is 26.3. The summed E-state index contributed by atoms with van der Waals surface area (Å²) in [4.78, 5) is 19.6. The Bertz CT molecular complexity index is 1480. The molecular weight excluding hydrogens is 538 g/mol. The van der Waals surface area contributed by atoms with E-state index in [4.69, 9.17) is 23.2 Å². The van der Waals surface area contributed by atoms with Crippen molar-refractivity contribution in [1.29, 1.82) is 0 Å². The van der Waals surface area contributed by atoms with Gasteiger partial charge in [0.2, 0.25) is 0 Å². The van der Waals surface area contributed by atoms with Crippen LogP contribution in [0.1, 0.15) is 34.5 Å². The molecule has 0 radical (unpaired) electrons. The summed E-state index contributed by atoms with van der Waals surface area (Å²) in [5.74, 6) is 0.121. The number of alkyl halides is 3. The van der Waals surface area contributed by atoms with Crippen molar-refractivity contribution in [1.82, 2.24) is 14.5 Å². The molecule has 0 bridgehead atoms. The van der Waals surface area contributed by atoms with Gasteiger partial charge >= 0.3 is 6.18 Å². The van der Waals surface area contributed by atoms with Crippen LogP contribution in [0, 0.1) is 0 Å². The summed E-state index contributed by atoms with van der Waals surface area (Å²) < 4.78 is 41.3. The molecule has 1 aromatic heterocycles. The van der Waals surface area contributed by atoms with Crippen molar-refractivity contribution in [2.75, 3.05) is 13.1 Å². The SMILES string of the molecule is O=C(c1cn(-c2ccc(Cl)cc2)c(-c2ccccc2Cl)n1)N1CCC(O)(c2cccc(C(F)(F)F)c2)CC1. The maximum atomic E-state index is 13.5. The van der Waals surface area contributed by atoms with Crippen LogP contribution in [0.25, 0.3) is 17.1 Å². The smallest absolute Gasteiger partial charge is 0.385 e. The molecule has 1 N–H and O–H groups in total. The molecule has 5 rings (SSSR count). The third kappa shape index (κ3) is 5.16. The fourth-order valence-electron chi connectivity index (χ4n) is 4.63. The van der Waals surface area contributed by atoms with Crippen molar-refractivity contribution >= 4 is 29.1 Å². The zero-order chi connectivity index (χ0) is 27.1. The first-order valence-corrected chi connectivity index (χ1v) is 12.6. The second-order valence-electron chi connectivity index (χ2n) is 9.18. The maximum Gasteiger partial charge on any atom is 0.416 e. The zero-order valence-electron chi connectivity index (χ0n) is 19.9. The van der Waals surface area contributed by atoms with E-state index in [1.807, 2.05) is 6.07 Å². The van der Waals surface area contributed by atoms with Crippen molar-refractivity contribution in [3.05, 3.63) is 106 Å². The summed E-state index contributed by atoms with van der Waals surface area (Å²) in [6, 6.07) is 18.9. The molecule has 3 aromatic carbocycles. The molecule has 1 amide bonds. The van der Waals surface area contributed by atoms with E-state index in [-0.39, 0.29) is 43.1 Å². The molecule has 4 aromatic rings. The van der Waals surface area contributed by atoms with Gasteiger partial charge in [0.25, 0.3) is 5.91 Å². The van der Waals surface area contributed by atoms with Crippen LogP contribution >= 0.6 is 23.2 Å². The number of piperidine rings is 1. The molecule has 0 aliphatic carbocycles. The highest BCUT2D eigenvalue weighted by molar-refractivity contribution is 6.33. The fourth-order valence-corrected chi connectivity index (χ4v) is 4.98. The van der Waals surface area contributed by atoms with Gasteiger partial charge in [0.05, 0.1) is 16.2 Å². The number of likely N-dealkylation sites (tertiary alicyclic amines) is 1. The number of benzene rings is 3. The minimum absolute atomic E-state index is 0.0926. The number of amides is 1. The first-order chi connectivity index (χ1) is 18.0. The topological polar surface area (TPSA) is 58.4 Å². The average Bonchev–Trinajstić information content (AvgIpc) is 3.34. The molecule has 38 heavy (non-hydrogen) atoms. The highest BCUT2D eigenvalue weighted by Crippen LogP contribution is 2.37. The molecular formula is C28H22Cl2F3N3O2. The highest BCUT2D eigenvalue weighted by Gasteiger charge is 2.38. The monoisotopic (exact) mass is 559 g/mol. The lowest BCUT2D eigenvalue weighted by Crippen LogP contribution is -2.45. The molecule has 1 aliphatic heterocycles. The Morgan fingerprint density at radius 1 is 0.947 bits per heavy atom. The summed E-state index contributed by atoms with van der Waals surface area (Å²) in [6.07, 6.45) is -2.70. The number of carbonyl (C=O) groups is 1. The lowest BCUT2D eigenvalue weighted by atomic mass is 9.83. The number of nitrogens with zero attached hydrogens (tertiary/aromatic N) is 3. The Hall–Kier alpha value is -3.33. The lowest BCUT2D eigenvalue weighted by molar-refractivity contribution is -0.137. The third-order valence-corrected chi connectivity index (χ3v) is 7.33. The Kier molecular flexibility index (Phi) is 6.98. The molecule has 0 saturated carbocycles. The van der Waals surface area contributed by atoms with Gasteiger partial charge in [-0.3, -0.25) is 9.36 Å². The van der Waals surface area contributed by atoms with Gasteiger partial charge in [0, 0.05) is 35.6 Å². The normalized spacial score (nSPS) is 15.5. The van der Waals surface area contributed by atoms with Crippen LogP contribution in [0.15, 0.2) is 79.0 Å². The molecule has 1 fully saturated rings. The standard InChI is InChI=1S/C28H22Cl2F3N3O2/c29-20-8-10-21(11-9-20)36-17-24(34-25(36)22-6-1-2-7-23(22)30)26(37)35-14-12-27(38,13-15-35)18-4-3-5-19(16-18)28(31,32)33/h1-11,16-17,38H,12-15H2. The maximum absolute atomic E-state index is 13.5. The van der Waals surface area contributed by atoms with Gasteiger partial charge in [0.1, 0.15) is 11.5 Å². The number of aromatic nitrogens is 2. The molecule has 0 unspecified atom stereocenters. The van der Waals surface area contributed by atoms with Gasteiger partial charge in [-0.2, -0.15) is 13.2 Å². The summed E-state index contributed by atoms with van der Waals surface area (Å²) in [5, 5.41) is 12.2. The minimum Gasteiger partial charge on any atom is -0.385 e. The predicted molar refractivity (Wildman–Crippen MR) is 139 cm³/mol. The molecule has 5 nitrogen and oxygen atoms in total. The molecule has 196 valence electrons. The highest BCUT2D eigenvalue weighted by atomic mass is 35.5. The largest absolute Gasteiger partial charge is 0.416 e. The zero-order valence-corrected chi connectivity index (χ0v) is 21.4. The Labute approximate surface area is 227 Å². The van der Waals surface area contributed by atoms with Crippen LogP contribution in [0.4, 0.5) is 13.2 Å². The number of halogens is 5.